The average molecular weight is 579 g/mol. The molecule has 41 heavy (non-hydrogen) atoms. The van der Waals surface area contributed by atoms with Crippen molar-refractivity contribution >= 4 is 11.8 Å². The molecule has 0 bridgehead atoms. The van der Waals surface area contributed by atoms with Crippen LogP contribution in [0.4, 0.5) is 0 Å². The maximum atomic E-state index is 13.2. The van der Waals surface area contributed by atoms with Crippen molar-refractivity contribution in [2.75, 3.05) is 13.2 Å². The Hall–Kier alpha value is -2.82. The van der Waals surface area contributed by atoms with Gasteiger partial charge in [0.1, 0.15) is 42.7 Å². The van der Waals surface area contributed by atoms with Crippen molar-refractivity contribution in [2.45, 2.75) is 74.3 Å². The van der Waals surface area contributed by atoms with Gasteiger partial charge in [0.05, 0.1) is 19.1 Å². The lowest BCUT2D eigenvalue weighted by atomic mass is 9.95. The van der Waals surface area contributed by atoms with Gasteiger partial charge in [-0.2, -0.15) is 0 Å². The minimum Gasteiger partial charge on any atom is -0.432 e. The predicted octanol–water partition coefficient (Wildman–Crippen LogP) is -1.81. The Morgan fingerprint density at radius 2 is 1.34 bits per heavy atom. The summed E-state index contributed by atoms with van der Waals surface area (Å²) in [6, 6.07) is 15.0. The number of ketones is 1. The topological polar surface area (TPSA) is 213 Å². The Balaban J connectivity index is 1.52. The molecule has 2 heterocycles. The highest BCUT2D eigenvalue weighted by atomic mass is 16.8. The molecule has 2 aliphatic heterocycles. The van der Waals surface area contributed by atoms with Crippen molar-refractivity contribution in [2.24, 2.45) is 0 Å². The molecule has 0 aliphatic carbocycles. The van der Waals surface area contributed by atoms with Crippen LogP contribution in [0.5, 0.6) is 0 Å². The lowest BCUT2D eigenvalue weighted by molar-refractivity contribution is -0.362. The number of carbonyl (C=O) groups is 2. The van der Waals surface area contributed by atoms with E-state index in [1.54, 1.807) is 54.6 Å². The normalized spacial score (nSPS) is 34.5. The zero-order valence-corrected chi connectivity index (χ0v) is 22.0. The van der Waals surface area contributed by atoms with Crippen molar-refractivity contribution < 1.29 is 64.3 Å². The first kappa shape index (κ1) is 31.1. The highest BCUT2D eigenvalue weighted by Gasteiger charge is 2.51. The van der Waals surface area contributed by atoms with Gasteiger partial charge in [0.25, 0.3) is 0 Å². The number of hydrogen-bond acceptors (Lipinski definition) is 13. The second-order valence-electron chi connectivity index (χ2n) is 9.98. The van der Waals surface area contributed by atoms with Crippen LogP contribution in [0.2, 0.25) is 0 Å². The molecule has 0 amide bonds. The maximum Gasteiger partial charge on any atom is 0.315 e. The fraction of sp³-hybridized carbons (Fsp3) is 0.500. The summed E-state index contributed by atoms with van der Waals surface area (Å²) in [6.45, 7) is 0.0171. The molecule has 0 spiro atoms. The van der Waals surface area contributed by atoms with E-state index >= 15 is 0 Å². The Morgan fingerprint density at radius 1 is 0.756 bits per heavy atom. The standard InChI is InChI=1S/C28H34O13/c1-13(15-8-5-9-16(10-15)19(31)14-6-3-2-4-7-14)26(37)41-28-25(23(35)21(33)18(12-30)39-28)40-27-24(36)22(34)20(32)17(11-29)38-27/h2-10,13,17-18,20-25,27-30,32-36H,11-12H2,1H3/t13-,17+,18-,20+,21-,22-,23+,24+,25-,27-,28+/m0/s1. The second kappa shape index (κ2) is 13.4. The molecule has 2 saturated heterocycles. The summed E-state index contributed by atoms with van der Waals surface area (Å²) in [5.41, 5.74) is 1.23. The molecular weight excluding hydrogens is 544 g/mol. The van der Waals surface area contributed by atoms with Crippen LogP contribution >= 0.6 is 0 Å². The Morgan fingerprint density at radius 3 is 1.98 bits per heavy atom. The molecule has 0 unspecified atom stereocenters. The number of benzene rings is 2. The number of aliphatic hydroxyl groups is 7. The van der Waals surface area contributed by atoms with Gasteiger partial charge in [0.2, 0.25) is 6.29 Å². The van der Waals surface area contributed by atoms with Crippen LogP contribution in [0.15, 0.2) is 54.6 Å². The zero-order chi connectivity index (χ0) is 29.8. The van der Waals surface area contributed by atoms with E-state index in [0.717, 1.165) is 0 Å². The quantitative estimate of drug-likeness (QED) is 0.129. The molecule has 13 nitrogen and oxygen atoms in total. The van der Waals surface area contributed by atoms with Gasteiger partial charge < -0.3 is 54.7 Å². The van der Waals surface area contributed by atoms with Crippen LogP contribution < -0.4 is 0 Å². The average Bonchev–Trinajstić information content (AvgIpc) is 3.00. The fourth-order valence-electron chi connectivity index (χ4n) is 4.69. The molecule has 13 heteroatoms. The minimum atomic E-state index is -1.85. The summed E-state index contributed by atoms with van der Waals surface area (Å²) in [6.07, 6.45) is -16.7. The van der Waals surface area contributed by atoms with Gasteiger partial charge in [-0.3, -0.25) is 9.59 Å². The number of ether oxygens (including phenoxy) is 4. The second-order valence-corrected chi connectivity index (χ2v) is 9.98. The fourth-order valence-corrected chi connectivity index (χ4v) is 4.69. The van der Waals surface area contributed by atoms with Crippen molar-refractivity contribution in [1.29, 1.82) is 0 Å². The molecular formula is C28H34O13. The Bertz CT molecular complexity index is 1170. The van der Waals surface area contributed by atoms with E-state index in [4.69, 9.17) is 18.9 Å². The van der Waals surface area contributed by atoms with Crippen LogP contribution in [0, 0.1) is 0 Å². The van der Waals surface area contributed by atoms with E-state index in [2.05, 4.69) is 0 Å². The third-order valence-electron chi connectivity index (χ3n) is 7.23. The number of aliphatic hydroxyl groups excluding tert-OH is 7. The molecule has 2 aromatic rings. The van der Waals surface area contributed by atoms with Gasteiger partial charge >= 0.3 is 5.97 Å². The Labute approximate surface area is 235 Å². The molecule has 4 rings (SSSR count). The summed E-state index contributed by atoms with van der Waals surface area (Å²) in [7, 11) is 0. The van der Waals surface area contributed by atoms with Crippen molar-refractivity contribution in [3.8, 4) is 0 Å². The highest BCUT2D eigenvalue weighted by molar-refractivity contribution is 6.09. The molecule has 0 aromatic heterocycles. The molecule has 0 saturated carbocycles. The van der Waals surface area contributed by atoms with Crippen LogP contribution in [0.1, 0.15) is 34.3 Å². The third-order valence-corrected chi connectivity index (χ3v) is 7.23. The minimum absolute atomic E-state index is 0.250. The SMILES string of the molecule is C[C@H](C(=O)O[C@H]1O[C@@H](CO)[C@H](O)[C@@H](O)[C@@H]1O[C@@H]1O[C@H](CO)[C@@H](O)[C@H](O)[C@H]1O)c1cccc(C(=O)c2ccccc2)c1. The zero-order valence-electron chi connectivity index (χ0n) is 22.0. The molecule has 7 N–H and O–H groups in total. The molecule has 11 atom stereocenters. The first-order valence-electron chi connectivity index (χ1n) is 13.1. The first-order chi connectivity index (χ1) is 19.6. The number of carbonyl (C=O) groups excluding carboxylic acids is 2. The van der Waals surface area contributed by atoms with E-state index in [1.165, 1.54) is 6.92 Å². The summed E-state index contributed by atoms with van der Waals surface area (Å²) >= 11 is 0. The van der Waals surface area contributed by atoms with E-state index < -0.39 is 86.5 Å². The maximum absolute atomic E-state index is 13.2. The van der Waals surface area contributed by atoms with E-state index in [-0.39, 0.29) is 5.78 Å². The van der Waals surface area contributed by atoms with Gasteiger partial charge in [-0.15, -0.1) is 0 Å². The number of hydrogen-bond donors (Lipinski definition) is 7. The van der Waals surface area contributed by atoms with E-state index in [1.807, 2.05) is 0 Å². The summed E-state index contributed by atoms with van der Waals surface area (Å²) in [5.74, 6) is -2.08. The van der Waals surface area contributed by atoms with Crippen LogP contribution in [-0.4, -0.2) is 122 Å². The summed E-state index contributed by atoms with van der Waals surface area (Å²) < 4.78 is 21.9. The smallest absolute Gasteiger partial charge is 0.315 e. The predicted molar refractivity (Wildman–Crippen MR) is 137 cm³/mol. The van der Waals surface area contributed by atoms with Gasteiger partial charge in [0, 0.05) is 11.1 Å². The van der Waals surface area contributed by atoms with Gasteiger partial charge in [0.15, 0.2) is 18.2 Å². The number of rotatable bonds is 9. The first-order valence-corrected chi connectivity index (χ1v) is 13.1. The monoisotopic (exact) mass is 578 g/mol. The van der Waals surface area contributed by atoms with Crippen molar-refractivity contribution in [3.63, 3.8) is 0 Å². The lowest BCUT2D eigenvalue weighted by Gasteiger charge is -2.45. The van der Waals surface area contributed by atoms with Crippen LogP contribution in [0.25, 0.3) is 0 Å². The molecule has 224 valence electrons. The molecule has 0 radical (unpaired) electrons. The number of esters is 1. The van der Waals surface area contributed by atoms with Crippen LogP contribution in [-0.2, 0) is 23.7 Å². The molecule has 2 fully saturated rings. The summed E-state index contributed by atoms with van der Waals surface area (Å²) in [4.78, 5) is 26.1. The molecule has 2 aromatic carbocycles. The lowest BCUT2D eigenvalue weighted by Crippen LogP contribution is -2.64. The van der Waals surface area contributed by atoms with E-state index in [9.17, 15) is 45.3 Å². The van der Waals surface area contributed by atoms with Crippen molar-refractivity contribution in [3.05, 3.63) is 71.3 Å². The van der Waals surface area contributed by atoms with E-state index in [0.29, 0.717) is 16.7 Å². The molecule has 2 aliphatic rings. The largest absolute Gasteiger partial charge is 0.432 e. The highest BCUT2D eigenvalue weighted by Crippen LogP contribution is 2.31. The van der Waals surface area contributed by atoms with Gasteiger partial charge in [-0.25, -0.2) is 0 Å². The van der Waals surface area contributed by atoms with Gasteiger partial charge in [-0.1, -0.05) is 48.5 Å². The van der Waals surface area contributed by atoms with Crippen LogP contribution in [0.3, 0.4) is 0 Å². The van der Waals surface area contributed by atoms with Gasteiger partial charge in [-0.05, 0) is 18.6 Å². The third kappa shape index (κ3) is 6.65. The van der Waals surface area contributed by atoms with Crippen molar-refractivity contribution in [1.82, 2.24) is 0 Å². The Kier molecular flexibility index (Phi) is 10.2. The summed E-state index contributed by atoms with van der Waals surface area (Å²) in [5, 5.41) is 70.7.